The standard InChI is InChI=1S/C27H40FN3O3S/c1-27(20-12-7-5-3-2-4-6-8-13-20)16-21(34-31-27)17-29-25(32)23-18-35-24(26(33)30-23)15-19-11-9-10-14-22(19)28/h9-11,14,20-21,23-24,31H,2-8,12-13,15-18H2,1H3,(H,29,32)(H,30,33)/t21?,23?,24-,27?/m0/s1. The van der Waals surface area contributed by atoms with Gasteiger partial charge in [0.15, 0.2) is 0 Å². The van der Waals surface area contributed by atoms with Crippen LogP contribution in [0.15, 0.2) is 24.3 Å². The number of hydrogen-bond donors (Lipinski definition) is 3. The summed E-state index contributed by atoms with van der Waals surface area (Å²) in [5.41, 5.74) is 3.78. The Bertz CT molecular complexity index is 862. The zero-order valence-electron chi connectivity index (χ0n) is 20.8. The maximum absolute atomic E-state index is 13.9. The van der Waals surface area contributed by atoms with E-state index in [2.05, 4.69) is 23.0 Å². The number of rotatable bonds is 6. The van der Waals surface area contributed by atoms with Crippen LogP contribution >= 0.6 is 11.8 Å². The molecule has 0 spiro atoms. The van der Waals surface area contributed by atoms with E-state index in [1.54, 1.807) is 18.2 Å². The zero-order chi connectivity index (χ0) is 24.7. The van der Waals surface area contributed by atoms with Crippen LogP contribution in [0.1, 0.15) is 76.7 Å². The molecule has 4 rings (SSSR count). The van der Waals surface area contributed by atoms with Crippen LogP contribution in [-0.2, 0) is 20.8 Å². The van der Waals surface area contributed by atoms with Gasteiger partial charge in [0.2, 0.25) is 11.8 Å². The smallest absolute Gasteiger partial charge is 0.243 e. The number of carbonyl (C=O) groups excluding carboxylic acids is 2. The zero-order valence-corrected chi connectivity index (χ0v) is 21.6. The number of thioether (sulfide) groups is 1. The van der Waals surface area contributed by atoms with Gasteiger partial charge in [-0.3, -0.25) is 14.4 Å². The van der Waals surface area contributed by atoms with Gasteiger partial charge in [0, 0.05) is 17.8 Å². The van der Waals surface area contributed by atoms with E-state index in [-0.39, 0.29) is 29.3 Å². The first-order chi connectivity index (χ1) is 16.9. The minimum atomic E-state index is -0.580. The summed E-state index contributed by atoms with van der Waals surface area (Å²) in [7, 11) is 0. The van der Waals surface area contributed by atoms with E-state index < -0.39 is 11.3 Å². The molecule has 4 atom stereocenters. The topological polar surface area (TPSA) is 79.5 Å². The molecule has 194 valence electrons. The minimum absolute atomic E-state index is 0.0660. The highest BCUT2D eigenvalue weighted by atomic mass is 32.2. The second-order valence-corrected chi connectivity index (χ2v) is 11.9. The number of carbonyl (C=O) groups is 2. The molecule has 0 radical (unpaired) electrons. The number of amides is 2. The Balaban J connectivity index is 1.22. The molecular formula is C27H40FN3O3S. The molecule has 2 saturated heterocycles. The minimum Gasteiger partial charge on any atom is -0.352 e. The Morgan fingerprint density at radius 3 is 2.51 bits per heavy atom. The van der Waals surface area contributed by atoms with Gasteiger partial charge < -0.3 is 10.6 Å². The lowest BCUT2D eigenvalue weighted by Crippen LogP contribution is -2.55. The maximum atomic E-state index is 13.9. The lowest BCUT2D eigenvalue weighted by Gasteiger charge is -2.34. The van der Waals surface area contributed by atoms with Gasteiger partial charge in [-0.2, -0.15) is 5.48 Å². The Kier molecular flexibility index (Phi) is 9.47. The van der Waals surface area contributed by atoms with Crippen molar-refractivity contribution in [2.45, 2.75) is 100 Å². The maximum Gasteiger partial charge on any atom is 0.243 e. The lowest BCUT2D eigenvalue weighted by molar-refractivity contribution is -0.129. The Labute approximate surface area is 212 Å². The molecular weight excluding hydrogens is 465 g/mol. The van der Waals surface area contributed by atoms with Crippen molar-refractivity contribution in [3.63, 3.8) is 0 Å². The lowest BCUT2D eigenvalue weighted by atomic mass is 9.76. The first-order valence-electron chi connectivity index (χ1n) is 13.3. The number of hydroxylamine groups is 1. The van der Waals surface area contributed by atoms with E-state index in [1.165, 1.54) is 75.6 Å². The summed E-state index contributed by atoms with van der Waals surface area (Å²) in [5, 5.41) is 5.41. The summed E-state index contributed by atoms with van der Waals surface area (Å²) in [6.45, 7) is 2.68. The molecule has 2 amide bonds. The summed E-state index contributed by atoms with van der Waals surface area (Å²) in [6, 6.07) is 5.93. The van der Waals surface area contributed by atoms with Crippen LogP contribution in [0.2, 0.25) is 0 Å². The third-order valence-corrected chi connectivity index (χ3v) is 9.18. The monoisotopic (exact) mass is 505 g/mol. The molecule has 1 aromatic rings. The van der Waals surface area contributed by atoms with Crippen LogP contribution in [0, 0.1) is 11.7 Å². The van der Waals surface area contributed by atoms with Crippen molar-refractivity contribution < 1.29 is 18.8 Å². The molecule has 6 nitrogen and oxygen atoms in total. The molecule has 1 aliphatic carbocycles. The second kappa shape index (κ2) is 12.5. The fraction of sp³-hybridized carbons (Fsp3) is 0.704. The van der Waals surface area contributed by atoms with E-state index in [9.17, 15) is 14.0 Å². The second-order valence-electron chi connectivity index (χ2n) is 10.6. The Hall–Kier alpha value is -1.64. The molecule has 0 aromatic heterocycles. The summed E-state index contributed by atoms with van der Waals surface area (Å²) in [5.74, 6) is 0.350. The van der Waals surface area contributed by atoms with Crippen molar-refractivity contribution in [1.29, 1.82) is 0 Å². The average Bonchev–Trinajstić information content (AvgIpc) is 3.25. The normalized spacial score (nSPS) is 31.0. The molecule has 1 aromatic carbocycles. The molecule has 3 N–H and O–H groups in total. The van der Waals surface area contributed by atoms with Gasteiger partial charge in [-0.15, -0.1) is 11.8 Å². The van der Waals surface area contributed by atoms with E-state index in [0.717, 1.165) is 6.42 Å². The highest BCUT2D eigenvalue weighted by molar-refractivity contribution is 8.00. The van der Waals surface area contributed by atoms with E-state index >= 15 is 0 Å². The van der Waals surface area contributed by atoms with E-state index in [0.29, 0.717) is 30.2 Å². The van der Waals surface area contributed by atoms with Gasteiger partial charge in [0.05, 0.1) is 11.4 Å². The number of nitrogens with one attached hydrogen (secondary N) is 3. The van der Waals surface area contributed by atoms with Crippen LogP contribution < -0.4 is 16.1 Å². The van der Waals surface area contributed by atoms with Crippen molar-refractivity contribution in [1.82, 2.24) is 16.1 Å². The summed E-state index contributed by atoms with van der Waals surface area (Å²) in [4.78, 5) is 31.2. The molecule has 2 aliphatic heterocycles. The third-order valence-electron chi connectivity index (χ3n) is 7.87. The number of hydrogen-bond acceptors (Lipinski definition) is 5. The van der Waals surface area contributed by atoms with Crippen LogP contribution in [-0.4, -0.2) is 47.0 Å². The van der Waals surface area contributed by atoms with Gasteiger partial charge in [-0.1, -0.05) is 63.1 Å². The summed E-state index contributed by atoms with van der Waals surface area (Å²) < 4.78 is 13.9. The average molecular weight is 506 g/mol. The van der Waals surface area contributed by atoms with Crippen molar-refractivity contribution >= 4 is 23.6 Å². The molecule has 3 unspecified atom stereocenters. The predicted molar refractivity (Wildman–Crippen MR) is 137 cm³/mol. The van der Waals surface area contributed by atoms with Crippen molar-refractivity contribution in [3.05, 3.63) is 35.6 Å². The third kappa shape index (κ3) is 7.20. The van der Waals surface area contributed by atoms with Crippen molar-refractivity contribution in [2.75, 3.05) is 12.3 Å². The fourth-order valence-corrected chi connectivity index (χ4v) is 6.85. The highest BCUT2D eigenvalue weighted by Crippen LogP contribution is 2.36. The van der Waals surface area contributed by atoms with Crippen molar-refractivity contribution in [3.8, 4) is 0 Å². The highest BCUT2D eigenvalue weighted by Gasteiger charge is 2.42. The quantitative estimate of drug-likeness (QED) is 0.538. The molecule has 1 saturated carbocycles. The van der Waals surface area contributed by atoms with Gasteiger partial charge >= 0.3 is 0 Å². The first-order valence-corrected chi connectivity index (χ1v) is 14.4. The van der Waals surface area contributed by atoms with Gasteiger partial charge in [-0.25, -0.2) is 4.39 Å². The molecule has 8 heteroatoms. The van der Waals surface area contributed by atoms with Crippen molar-refractivity contribution in [2.24, 2.45) is 5.92 Å². The molecule has 3 fully saturated rings. The Morgan fingerprint density at radius 2 is 1.83 bits per heavy atom. The van der Waals surface area contributed by atoms with E-state index in [4.69, 9.17) is 4.84 Å². The van der Waals surface area contributed by atoms with Crippen LogP contribution in [0.3, 0.4) is 0 Å². The molecule has 2 heterocycles. The van der Waals surface area contributed by atoms with Gasteiger partial charge in [0.1, 0.15) is 11.9 Å². The van der Waals surface area contributed by atoms with Gasteiger partial charge in [0.25, 0.3) is 0 Å². The summed E-state index contributed by atoms with van der Waals surface area (Å²) >= 11 is 1.41. The van der Waals surface area contributed by atoms with Crippen LogP contribution in [0.25, 0.3) is 0 Å². The number of halogens is 1. The van der Waals surface area contributed by atoms with E-state index in [1.807, 2.05) is 0 Å². The SMILES string of the molecule is CC1(C2CCCCCCCCC2)CC(CNC(=O)C2CS[C@@H](Cc3ccccc3F)C(=O)N2)ON1. The summed E-state index contributed by atoms with van der Waals surface area (Å²) in [6.07, 6.45) is 12.8. The van der Waals surface area contributed by atoms with Crippen LogP contribution in [0.5, 0.6) is 0 Å². The predicted octanol–water partition coefficient (Wildman–Crippen LogP) is 4.28. The van der Waals surface area contributed by atoms with Gasteiger partial charge in [-0.05, 0) is 50.2 Å². The molecule has 0 bridgehead atoms. The Morgan fingerprint density at radius 1 is 1.14 bits per heavy atom. The largest absolute Gasteiger partial charge is 0.352 e. The molecule has 3 aliphatic rings. The first kappa shape index (κ1) is 26.4. The molecule has 35 heavy (non-hydrogen) atoms. The fourth-order valence-electron chi connectivity index (χ4n) is 5.67. The number of benzene rings is 1. The van der Waals surface area contributed by atoms with Crippen LogP contribution in [0.4, 0.5) is 4.39 Å².